The predicted molar refractivity (Wildman–Crippen MR) is 153 cm³/mol. The van der Waals surface area contributed by atoms with Crippen molar-refractivity contribution in [3.63, 3.8) is 0 Å². The third kappa shape index (κ3) is 5.00. The van der Waals surface area contributed by atoms with Gasteiger partial charge in [-0.25, -0.2) is 9.67 Å². The van der Waals surface area contributed by atoms with Crippen LogP contribution in [0.5, 0.6) is 11.5 Å². The van der Waals surface area contributed by atoms with Crippen LogP contribution in [0.3, 0.4) is 0 Å². The maximum absolute atomic E-state index is 13.4. The van der Waals surface area contributed by atoms with E-state index in [4.69, 9.17) is 9.47 Å². The van der Waals surface area contributed by atoms with E-state index in [1.54, 1.807) is 39.1 Å². The van der Waals surface area contributed by atoms with E-state index in [2.05, 4.69) is 4.98 Å². The third-order valence-corrected chi connectivity index (χ3v) is 7.56. The molecule has 0 bridgehead atoms. The van der Waals surface area contributed by atoms with E-state index in [-0.39, 0.29) is 22.7 Å². The Hall–Kier alpha value is -4.50. The van der Waals surface area contributed by atoms with Crippen LogP contribution < -0.4 is 15.0 Å². The Kier molecular flexibility index (Phi) is 7.42. The van der Waals surface area contributed by atoms with Crippen molar-refractivity contribution in [3.05, 3.63) is 107 Å². The van der Waals surface area contributed by atoms with E-state index in [9.17, 15) is 9.59 Å². The zero-order valence-corrected chi connectivity index (χ0v) is 22.9. The first-order chi connectivity index (χ1) is 18.9. The van der Waals surface area contributed by atoms with Crippen molar-refractivity contribution in [2.24, 2.45) is 7.05 Å². The summed E-state index contributed by atoms with van der Waals surface area (Å²) in [6.07, 6.45) is 1.79. The van der Waals surface area contributed by atoms with Crippen LogP contribution in [0, 0.1) is 6.92 Å². The monoisotopic (exact) mass is 540 g/mol. The first-order valence-corrected chi connectivity index (χ1v) is 13.3. The van der Waals surface area contributed by atoms with Gasteiger partial charge in [0.1, 0.15) is 17.1 Å². The number of benzene rings is 3. The summed E-state index contributed by atoms with van der Waals surface area (Å²) in [5, 5.41) is 0.635. The molecule has 5 rings (SSSR count). The van der Waals surface area contributed by atoms with E-state index in [0.717, 1.165) is 28.4 Å². The maximum Gasteiger partial charge on any atom is 0.282 e. The maximum atomic E-state index is 13.4. The Labute approximate surface area is 230 Å². The Morgan fingerprint density at radius 3 is 2.10 bits per heavy atom. The Bertz CT molecular complexity index is 1670. The molecular formula is C30H28N4O4S. The number of Topliss-reactive ketones (excluding diaryl/α,β-unsaturated/α-hetero) is 1. The van der Waals surface area contributed by atoms with E-state index in [1.807, 2.05) is 83.4 Å². The highest BCUT2D eigenvalue weighted by molar-refractivity contribution is 7.99. The molecule has 0 atom stereocenters. The fourth-order valence-corrected chi connectivity index (χ4v) is 5.34. The molecule has 5 aromatic rings. The number of carbonyl (C=O) groups excluding carboxylic acids is 1. The fraction of sp³-hybridized carbons (Fsp3) is 0.167. The normalized spacial score (nSPS) is 11.0. The summed E-state index contributed by atoms with van der Waals surface area (Å²) in [5.41, 5.74) is 3.86. The first-order valence-electron chi connectivity index (χ1n) is 12.3. The first kappa shape index (κ1) is 26.1. The van der Waals surface area contributed by atoms with Crippen molar-refractivity contribution < 1.29 is 14.3 Å². The molecule has 0 saturated heterocycles. The summed E-state index contributed by atoms with van der Waals surface area (Å²) in [5.74, 6) is 1.31. The highest BCUT2D eigenvalue weighted by Gasteiger charge is 2.23. The summed E-state index contributed by atoms with van der Waals surface area (Å²) < 4.78 is 15.9. The molecular weight excluding hydrogens is 512 g/mol. The van der Waals surface area contributed by atoms with Gasteiger partial charge in [-0.1, -0.05) is 30.0 Å². The average molecular weight is 541 g/mol. The molecule has 0 radical (unpaired) electrons. The molecule has 3 aromatic carbocycles. The fourth-order valence-electron chi connectivity index (χ4n) is 4.47. The molecule has 0 amide bonds. The number of para-hydroxylation sites is 1. The molecule has 0 aliphatic heterocycles. The largest absolute Gasteiger partial charge is 0.497 e. The lowest BCUT2D eigenvalue weighted by Crippen LogP contribution is -2.23. The van der Waals surface area contributed by atoms with Crippen molar-refractivity contribution in [3.8, 4) is 34.1 Å². The second-order valence-corrected chi connectivity index (χ2v) is 9.78. The second kappa shape index (κ2) is 11.1. The summed E-state index contributed by atoms with van der Waals surface area (Å²) in [7, 11) is 5.04. The molecule has 0 saturated carbocycles. The minimum atomic E-state index is -0.329. The lowest BCUT2D eigenvalue weighted by Gasteiger charge is -2.13. The lowest BCUT2D eigenvalue weighted by atomic mass is 10.1. The molecule has 0 unspecified atom stereocenters. The van der Waals surface area contributed by atoms with Gasteiger partial charge in [-0.05, 0) is 67.6 Å². The van der Waals surface area contributed by atoms with E-state index in [0.29, 0.717) is 16.5 Å². The molecule has 9 heteroatoms. The quantitative estimate of drug-likeness (QED) is 0.186. The van der Waals surface area contributed by atoms with Crippen LogP contribution in [0.15, 0.2) is 95.0 Å². The Morgan fingerprint density at radius 2 is 1.49 bits per heavy atom. The Morgan fingerprint density at radius 1 is 0.872 bits per heavy atom. The second-order valence-electron chi connectivity index (χ2n) is 8.84. The molecule has 0 spiro atoms. The molecule has 0 fully saturated rings. The molecule has 39 heavy (non-hydrogen) atoms. The number of thioether (sulfide) groups is 1. The number of hydrogen-bond acceptors (Lipinski definition) is 6. The highest BCUT2D eigenvalue weighted by atomic mass is 32.2. The van der Waals surface area contributed by atoms with Gasteiger partial charge in [-0.3, -0.25) is 18.8 Å². The van der Waals surface area contributed by atoms with Gasteiger partial charge in [-0.2, -0.15) is 0 Å². The number of nitrogens with zero attached hydrogens (tertiary/aromatic N) is 4. The van der Waals surface area contributed by atoms with Crippen LogP contribution in [-0.4, -0.2) is 44.7 Å². The number of methoxy groups -OCH3 is 2. The number of carbonyl (C=O) groups is 1. The van der Waals surface area contributed by atoms with Crippen molar-refractivity contribution in [2.75, 3.05) is 20.0 Å². The number of ketones is 1. The third-order valence-electron chi connectivity index (χ3n) is 6.61. The topological polar surface area (TPSA) is 80.3 Å². The predicted octanol–water partition coefficient (Wildman–Crippen LogP) is 5.33. The standard InChI is InChI=1S/C30H28N4O4S/c1-20-28(29(36)34(32(20)2)23-8-6-5-7-9-23)27(35)19-39-30-31-18-26(21-10-14-24(37-3)15-11-21)33(30)22-12-16-25(38-4)17-13-22/h5-18H,19H2,1-4H3. The van der Waals surface area contributed by atoms with E-state index < -0.39 is 0 Å². The number of hydrogen-bond donors (Lipinski definition) is 0. The smallest absolute Gasteiger partial charge is 0.282 e. The summed E-state index contributed by atoms with van der Waals surface area (Å²) in [6, 6.07) is 24.7. The molecule has 2 heterocycles. The molecule has 0 aliphatic rings. The van der Waals surface area contributed by atoms with Gasteiger partial charge in [0.25, 0.3) is 5.56 Å². The zero-order valence-electron chi connectivity index (χ0n) is 22.1. The summed E-state index contributed by atoms with van der Waals surface area (Å²) in [6.45, 7) is 1.79. The Balaban J connectivity index is 1.49. The van der Waals surface area contributed by atoms with Gasteiger partial charge in [0.15, 0.2) is 10.9 Å². The molecule has 0 N–H and O–H groups in total. The van der Waals surface area contributed by atoms with Gasteiger partial charge >= 0.3 is 0 Å². The number of aromatic nitrogens is 4. The van der Waals surface area contributed by atoms with Gasteiger partial charge in [0.05, 0.1) is 37.6 Å². The van der Waals surface area contributed by atoms with E-state index >= 15 is 0 Å². The van der Waals surface area contributed by atoms with Gasteiger partial charge in [0, 0.05) is 24.0 Å². The summed E-state index contributed by atoms with van der Waals surface area (Å²) in [4.78, 5) is 31.4. The van der Waals surface area contributed by atoms with Gasteiger partial charge in [-0.15, -0.1) is 0 Å². The minimum Gasteiger partial charge on any atom is -0.497 e. The van der Waals surface area contributed by atoms with Gasteiger partial charge < -0.3 is 9.47 Å². The van der Waals surface area contributed by atoms with Crippen LogP contribution in [0.2, 0.25) is 0 Å². The van der Waals surface area contributed by atoms with Crippen LogP contribution >= 0.6 is 11.8 Å². The van der Waals surface area contributed by atoms with Crippen LogP contribution in [0.1, 0.15) is 16.1 Å². The van der Waals surface area contributed by atoms with Crippen molar-refractivity contribution in [1.82, 2.24) is 18.9 Å². The molecule has 2 aromatic heterocycles. The number of imidazole rings is 1. The van der Waals surface area contributed by atoms with Crippen LogP contribution in [0.4, 0.5) is 0 Å². The summed E-state index contributed by atoms with van der Waals surface area (Å²) >= 11 is 1.30. The SMILES string of the molecule is COc1ccc(-c2cnc(SCC(=O)c3c(C)n(C)n(-c4ccccc4)c3=O)n2-c2ccc(OC)cc2)cc1. The van der Waals surface area contributed by atoms with Crippen molar-refractivity contribution in [2.45, 2.75) is 12.1 Å². The minimum absolute atomic E-state index is 0.0596. The lowest BCUT2D eigenvalue weighted by molar-refractivity contribution is 0.102. The van der Waals surface area contributed by atoms with Gasteiger partial charge in [0.2, 0.25) is 0 Å². The number of rotatable bonds is 9. The average Bonchev–Trinajstić information content (AvgIpc) is 3.50. The van der Waals surface area contributed by atoms with Crippen LogP contribution in [-0.2, 0) is 7.05 Å². The number of ether oxygens (including phenoxy) is 2. The van der Waals surface area contributed by atoms with Crippen molar-refractivity contribution in [1.29, 1.82) is 0 Å². The molecule has 0 aliphatic carbocycles. The zero-order chi connectivity index (χ0) is 27.5. The van der Waals surface area contributed by atoms with Crippen molar-refractivity contribution >= 4 is 17.5 Å². The molecule has 198 valence electrons. The van der Waals surface area contributed by atoms with Crippen LogP contribution in [0.25, 0.3) is 22.6 Å². The van der Waals surface area contributed by atoms with E-state index in [1.165, 1.54) is 16.4 Å². The molecule has 8 nitrogen and oxygen atoms in total. The highest BCUT2D eigenvalue weighted by Crippen LogP contribution is 2.32.